The van der Waals surface area contributed by atoms with Crippen LogP contribution in [0.4, 0.5) is 0 Å². The first-order valence-corrected chi connectivity index (χ1v) is 8.85. The van der Waals surface area contributed by atoms with Crippen LogP contribution in [0.15, 0.2) is 63.8 Å². The van der Waals surface area contributed by atoms with Gasteiger partial charge in [-0.25, -0.2) is 4.79 Å². The fourth-order valence-corrected chi connectivity index (χ4v) is 3.54. The number of fused-ring (bicyclic) bond motifs is 1. The van der Waals surface area contributed by atoms with Gasteiger partial charge in [-0.05, 0) is 38.7 Å². The highest BCUT2D eigenvalue weighted by Gasteiger charge is 2.34. The molecule has 2 aromatic carbocycles. The molecule has 0 aliphatic heterocycles. The summed E-state index contributed by atoms with van der Waals surface area (Å²) in [6, 6.07) is 16.2. The molecule has 6 heteroatoms. The van der Waals surface area contributed by atoms with Crippen molar-refractivity contribution in [3.63, 3.8) is 0 Å². The Labute approximate surface area is 170 Å². The second-order valence-corrected chi connectivity index (χ2v) is 7.02. The van der Waals surface area contributed by atoms with E-state index in [0.717, 1.165) is 5.56 Å². The van der Waals surface area contributed by atoms with E-state index in [1.165, 1.54) is 6.92 Å². The molecule has 3 rings (SSSR count). The Balaban J connectivity index is 0.00000280. The lowest BCUT2D eigenvalue weighted by Crippen LogP contribution is -2.34. The largest absolute Gasteiger partial charge is 0.507 e. The number of benzene rings is 2. The minimum Gasteiger partial charge on any atom is -0.507 e. The van der Waals surface area contributed by atoms with Crippen LogP contribution in [-0.2, 0) is 4.79 Å². The summed E-state index contributed by atoms with van der Waals surface area (Å²) < 4.78 is 5.47. The van der Waals surface area contributed by atoms with E-state index in [1.807, 2.05) is 49.3 Å². The topological polar surface area (TPSA) is 70.8 Å². The van der Waals surface area contributed by atoms with Gasteiger partial charge in [-0.2, -0.15) is 0 Å². The molecule has 0 aliphatic rings. The number of rotatable bonds is 6. The molecule has 2 atom stereocenters. The molecule has 0 bridgehead atoms. The Bertz CT molecular complexity index is 1010. The molecule has 3 aromatic rings. The molecule has 0 saturated carbocycles. The maximum absolute atomic E-state index is 12.8. The van der Waals surface area contributed by atoms with Crippen molar-refractivity contribution in [2.24, 2.45) is 5.92 Å². The molecule has 1 heterocycles. The highest BCUT2D eigenvalue weighted by molar-refractivity contribution is 5.86. The van der Waals surface area contributed by atoms with Crippen LogP contribution in [0.25, 0.3) is 11.0 Å². The summed E-state index contributed by atoms with van der Waals surface area (Å²) in [5, 5.41) is 11.4. The Hall–Kier alpha value is -2.63. The lowest BCUT2D eigenvalue weighted by Gasteiger charge is -2.28. The van der Waals surface area contributed by atoms with Gasteiger partial charge in [0.1, 0.15) is 17.1 Å². The van der Waals surface area contributed by atoms with Gasteiger partial charge in [0.05, 0.1) is 10.9 Å². The van der Waals surface area contributed by atoms with Gasteiger partial charge in [-0.1, -0.05) is 42.5 Å². The zero-order chi connectivity index (χ0) is 19.6. The van der Waals surface area contributed by atoms with Crippen molar-refractivity contribution < 1.29 is 14.3 Å². The molecular formula is C22H24ClNO4. The molecular weight excluding hydrogens is 378 g/mol. The molecule has 28 heavy (non-hydrogen) atoms. The number of carbonyl (C=O) groups excluding carboxylic acids is 1. The van der Waals surface area contributed by atoms with E-state index >= 15 is 0 Å². The highest BCUT2D eigenvalue weighted by atomic mass is 35.5. The Morgan fingerprint density at radius 2 is 1.68 bits per heavy atom. The van der Waals surface area contributed by atoms with Gasteiger partial charge in [0.2, 0.25) is 0 Å². The third kappa shape index (κ3) is 4.26. The molecule has 5 nitrogen and oxygen atoms in total. The summed E-state index contributed by atoms with van der Waals surface area (Å²) in [7, 11) is 3.75. The fraction of sp³-hybridized carbons (Fsp3) is 0.273. The number of nitrogens with zero attached hydrogens (tertiary/aromatic N) is 1. The molecule has 0 spiro atoms. The molecule has 1 N–H and O–H groups in total. The first-order chi connectivity index (χ1) is 12.9. The van der Waals surface area contributed by atoms with Crippen molar-refractivity contribution >= 4 is 29.2 Å². The van der Waals surface area contributed by atoms with E-state index in [1.54, 1.807) is 24.3 Å². The maximum atomic E-state index is 12.8. The molecule has 0 saturated heterocycles. The summed E-state index contributed by atoms with van der Waals surface area (Å²) in [5.41, 5.74) is 0.618. The van der Waals surface area contributed by atoms with Crippen molar-refractivity contribution in [1.29, 1.82) is 0 Å². The molecule has 0 amide bonds. The van der Waals surface area contributed by atoms with Crippen molar-refractivity contribution in [2.45, 2.75) is 12.8 Å². The molecule has 0 aliphatic carbocycles. The second-order valence-electron chi connectivity index (χ2n) is 7.02. The normalized spacial score (nSPS) is 13.1. The Morgan fingerprint density at radius 3 is 2.29 bits per heavy atom. The summed E-state index contributed by atoms with van der Waals surface area (Å²) in [4.78, 5) is 27.2. The van der Waals surface area contributed by atoms with E-state index in [2.05, 4.69) is 0 Å². The number of hydrogen-bond donors (Lipinski definition) is 1. The van der Waals surface area contributed by atoms with Gasteiger partial charge in [-0.3, -0.25) is 4.79 Å². The summed E-state index contributed by atoms with van der Waals surface area (Å²) in [5.74, 6) is -1.28. The van der Waals surface area contributed by atoms with E-state index in [9.17, 15) is 14.7 Å². The number of Topliss-reactive ketones (excluding diaryl/α,β-unsaturated/α-hetero) is 1. The van der Waals surface area contributed by atoms with Gasteiger partial charge >= 0.3 is 5.63 Å². The number of para-hydroxylation sites is 1. The molecule has 1 aromatic heterocycles. The second kappa shape index (κ2) is 9.04. The van der Waals surface area contributed by atoms with E-state index in [4.69, 9.17) is 4.42 Å². The average molecular weight is 402 g/mol. The van der Waals surface area contributed by atoms with Crippen LogP contribution in [0.1, 0.15) is 24.0 Å². The fourth-order valence-electron chi connectivity index (χ4n) is 3.54. The summed E-state index contributed by atoms with van der Waals surface area (Å²) in [6.07, 6.45) is 0. The summed E-state index contributed by atoms with van der Waals surface area (Å²) >= 11 is 0. The van der Waals surface area contributed by atoms with Crippen LogP contribution in [0.5, 0.6) is 5.75 Å². The number of ketones is 1. The third-order valence-corrected chi connectivity index (χ3v) is 4.78. The number of aromatic hydroxyl groups is 1. The quantitative estimate of drug-likeness (QED) is 0.636. The molecule has 0 radical (unpaired) electrons. The number of hydrogen-bond acceptors (Lipinski definition) is 5. The van der Waals surface area contributed by atoms with E-state index < -0.39 is 17.5 Å². The van der Waals surface area contributed by atoms with E-state index in [0.29, 0.717) is 17.5 Å². The van der Waals surface area contributed by atoms with Gasteiger partial charge in [0.15, 0.2) is 0 Å². The molecule has 2 unspecified atom stereocenters. The van der Waals surface area contributed by atoms with Gasteiger partial charge in [0, 0.05) is 18.4 Å². The van der Waals surface area contributed by atoms with Crippen molar-refractivity contribution in [1.82, 2.24) is 4.90 Å². The third-order valence-electron chi connectivity index (χ3n) is 4.78. The smallest absolute Gasteiger partial charge is 0.343 e. The zero-order valence-corrected chi connectivity index (χ0v) is 16.9. The first-order valence-electron chi connectivity index (χ1n) is 8.85. The zero-order valence-electron chi connectivity index (χ0n) is 16.1. The Morgan fingerprint density at radius 1 is 1.07 bits per heavy atom. The van der Waals surface area contributed by atoms with Crippen LogP contribution in [-0.4, -0.2) is 36.4 Å². The van der Waals surface area contributed by atoms with Crippen LogP contribution >= 0.6 is 12.4 Å². The van der Waals surface area contributed by atoms with Gasteiger partial charge in [0.25, 0.3) is 0 Å². The van der Waals surface area contributed by atoms with Gasteiger partial charge < -0.3 is 14.4 Å². The van der Waals surface area contributed by atoms with E-state index in [-0.39, 0.29) is 29.5 Å². The highest BCUT2D eigenvalue weighted by Crippen LogP contribution is 2.38. The minimum absolute atomic E-state index is 0. The predicted molar refractivity (Wildman–Crippen MR) is 112 cm³/mol. The Kier molecular flexibility index (Phi) is 7.00. The van der Waals surface area contributed by atoms with Crippen molar-refractivity contribution in [3.05, 3.63) is 76.1 Å². The monoisotopic (exact) mass is 401 g/mol. The number of halogens is 1. The minimum atomic E-state index is -0.620. The van der Waals surface area contributed by atoms with Crippen LogP contribution in [0, 0.1) is 5.92 Å². The number of carbonyl (C=O) groups is 1. The average Bonchev–Trinajstić information content (AvgIpc) is 2.64. The SMILES string of the molecule is CC(=O)C(CN(C)C)C(c1ccccc1)c1c(O)c2ccccc2oc1=O.Cl. The van der Waals surface area contributed by atoms with Crippen molar-refractivity contribution in [2.75, 3.05) is 20.6 Å². The summed E-state index contributed by atoms with van der Waals surface area (Å²) in [6.45, 7) is 1.96. The molecule has 0 fully saturated rings. The molecule has 148 valence electrons. The van der Waals surface area contributed by atoms with Gasteiger partial charge in [-0.15, -0.1) is 12.4 Å². The van der Waals surface area contributed by atoms with Crippen LogP contribution < -0.4 is 5.63 Å². The van der Waals surface area contributed by atoms with Crippen LogP contribution in [0.3, 0.4) is 0 Å². The standard InChI is InChI=1S/C22H23NO4.ClH/c1-14(24)17(13-23(2)3)19(15-9-5-4-6-10-15)20-21(25)16-11-7-8-12-18(16)27-22(20)26;/h4-12,17,19,25H,13H2,1-3H3;1H. The van der Waals surface area contributed by atoms with Crippen LogP contribution in [0.2, 0.25) is 0 Å². The lowest BCUT2D eigenvalue weighted by atomic mass is 9.78. The van der Waals surface area contributed by atoms with Crippen molar-refractivity contribution in [3.8, 4) is 5.75 Å². The maximum Gasteiger partial charge on any atom is 0.343 e. The lowest BCUT2D eigenvalue weighted by molar-refractivity contribution is -0.121. The predicted octanol–water partition coefficient (Wildman–Crippen LogP) is 3.82. The first kappa shape index (κ1) is 21.7.